The van der Waals surface area contributed by atoms with Gasteiger partial charge < -0.3 is 18.9 Å². The van der Waals surface area contributed by atoms with Crippen molar-refractivity contribution in [3.63, 3.8) is 0 Å². The van der Waals surface area contributed by atoms with Crippen LogP contribution in [0.5, 0.6) is 11.5 Å². The summed E-state index contributed by atoms with van der Waals surface area (Å²) in [7, 11) is 3.02. The molecule has 0 spiro atoms. The largest absolute Gasteiger partial charge is 0.497 e. The van der Waals surface area contributed by atoms with Gasteiger partial charge in [0.05, 0.1) is 43.6 Å². The van der Waals surface area contributed by atoms with E-state index in [2.05, 4.69) is 4.98 Å². The number of carbonyl (C=O) groups is 1. The van der Waals surface area contributed by atoms with Gasteiger partial charge in [-0.15, -0.1) is 0 Å². The summed E-state index contributed by atoms with van der Waals surface area (Å²) in [6, 6.07) is 6.54. The van der Waals surface area contributed by atoms with E-state index in [0.29, 0.717) is 36.0 Å². The first-order valence-electron chi connectivity index (χ1n) is 7.70. The van der Waals surface area contributed by atoms with Crippen LogP contribution in [0, 0.1) is 0 Å². The fourth-order valence-corrected chi connectivity index (χ4v) is 3.01. The highest BCUT2D eigenvalue weighted by molar-refractivity contribution is 6.35. The smallest absolute Gasteiger partial charge is 0.210 e. The molecule has 1 aromatic heterocycles. The summed E-state index contributed by atoms with van der Waals surface area (Å²) in [5.74, 6) is -0.522. The van der Waals surface area contributed by atoms with Crippen molar-refractivity contribution in [3.8, 4) is 11.5 Å². The van der Waals surface area contributed by atoms with Gasteiger partial charge in [-0.1, -0.05) is 11.6 Å². The number of rotatable bonds is 5. The zero-order valence-corrected chi connectivity index (χ0v) is 14.9. The number of carbonyl (C=O) groups excluding carboxylic acids is 1. The fraction of sp³-hybridized carbons (Fsp3) is 0.333. The topological polar surface area (TPSA) is 66.9 Å². The lowest BCUT2D eigenvalue weighted by Gasteiger charge is -2.24. The minimum Gasteiger partial charge on any atom is -0.497 e. The number of ketones is 1. The van der Waals surface area contributed by atoms with Crippen molar-refractivity contribution in [2.45, 2.75) is 12.7 Å². The van der Waals surface area contributed by atoms with Gasteiger partial charge in [0.25, 0.3) is 0 Å². The molecule has 2 heterocycles. The van der Waals surface area contributed by atoms with Gasteiger partial charge in [-0.2, -0.15) is 0 Å². The first kappa shape index (κ1) is 17.7. The minimum atomic E-state index is -1.12. The molecule has 0 amide bonds. The van der Waals surface area contributed by atoms with E-state index in [4.69, 9.17) is 30.5 Å². The zero-order valence-electron chi connectivity index (χ0n) is 14.2. The van der Waals surface area contributed by atoms with E-state index in [9.17, 15) is 4.79 Å². The lowest BCUT2D eigenvalue weighted by atomic mass is 9.97. The Morgan fingerprint density at radius 2 is 1.92 bits per heavy atom. The van der Waals surface area contributed by atoms with Crippen LogP contribution < -0.4 is 9.47 Å². The predicted molar refractivity (Wildman–Crippen MR) is 91.5 cm³/mol. The molecule has 0 aliphatic carbocycles. The van der Waals surface area contributed by atoms with Crippen LogP contribution in [0.15, 0.2) is 30.5 Å². The van der Waals surface area contributed by atoms with Crippen molar-refractivity contribution in [3.05, 3.63) is 52.3 Å². The maximum Gasteiger partial charge on any atom is 0.210 e. The lowest BCUT2D eigenvalue weighted by Crippen LogP contribution is -2.27. The molecule has 1 aliphatic heterocycles. The normalized spacial score (nSPS) is 15.8. The molecule has 1 aromatic carbocycles. The number of halogens is 1. The summed E-state index contributed by atoms with van der Waals surface area (Å²) in [4.78, 5) is 17.6. The van der Waals surface area contributed by atoms with Crippen molar-refractivity contribution >= 4 is 17.4 Å². The molecule has 0 radical (unpaired) electrons. The summed E-state index contributed by atoms with van der Waals surface area (Å²) < 4.78 is 21.8. The molecule has 0 unspecified atom stereocenters. The van der Waals surface area contributed by atoms with E-state index in [1.165, 1.54) is 20.4 Å². The second kappa shape index (κ2) is 7.00. The van der Waals surface area contributed by atoms with Gasteiger partial charge >= 0.3 is 0 Å². The van der Waals surface area contributed by atoms with Gasteiger partial charge in [-0.3, -0.25) is 9.78 Å². The van der Waals surface area contributed by atoms with Crippen molar-refractivity contribution in [1.29, 1.82) is 0 Å². The van der Waals surface area contributed by atoms with Gasteiger partial charge in [0.1, 0.15) is 17.2 Å². The minimum absolute atomic E-state index is 0.222. The first-order chi connectivity index (χ1) is 12.0. The number of ether oxygens (including phenoxy) is 4. The van der Waals surface area contributed by atoms with Crippen LogP contribution in [0.2, 0.25) is 5.02 Å². The Labute approximate surface area is 150 Å². The molecule has 1 saturated heterocycles. The molecule has 6 nitrogen and oxygen atoms in total. The van der Waals surface area contributed by atoms with Crippen molar-refractivity contribution in [2.24, 2.45) is 0 Å². The average molecular weight is 364 g/mol. The van der Waals surface area contributed by atoms with E-state index in [0.717, 1.165) is 0 Å². The highest BCUT2D eigenvalue weighted by atomic mass is 35.5. The van der Waals surface area contributed by atoms with Gasteiger partial charge in [0, 0.05) is 6.20 Å². The van der Waals surface area contributed by atoms with Crippen LogP contribution in [-0.4, -0.2) is 38.2 Å². The Balaban J connectivity index is 2.15. The number of hydrogen-bond acceptors (Lipinski definition) is 6. The second-order valence-corrected chi connectivity index (χ2v) is 5.96. The van der Waals surface area contributed by atoms with Crippen molar-refractivity contribution in [2.75, 3.05) is 27.4 Å². The number of methoxy groups -OCH3 is 2. The molecule has 1 fully saturated rings. The monoisotopic (exact) mass is 363 g/mol. The number of benzene rings is 1. The van der Waals surface area contributed by atoms with Gasteiger partial charge in [-0.05, 0) is 31.2 Å². The molecule has 0 atom stereocenters. The third kappa shape index (κ3) is 3.20. The quantitative estimate of drug-likeness (QED) is 0.760. The van der Waals surface area contributed by atoms with Crippen LogP contribution in [0.4, 0.5) is 0 Å². The summed E-state index contributed by atoms with van der Waals surface area (Å²) in [6.07, 6.45) is 1.52. The summed E-state index contributed by atoms with van der Waals surface area (Å²) in [5, 5.41) is 0.264. The number of pyridine rings is 1. The van der Waals surface area contributed by atoms with Crippen molar-refractivity contribution < 1.29 is 23.7 Å². The zero-order chi connectivity index (χ0) is 18.0. The SMILES string of the molecule is COc1ccc(OC)c(C(=O)c2c(Cl)ccnc2C2(C)OCCO2)c1. The van der Waals surface area contributed by atoms with Crippen LogP contribution in [0.3, 0.4) is 0 Å². The third-order valence-corrected chi connectivity index (χ3v) is 4.36. The van der Waals surface area contributed by atoms with Crippen LogP contribution in [0.1, 0.15) is 28.5 Å². The highest BCUT2D eigenvalue weighted by Gasteiger charge is 2.39. The Hall–Kier alpha value is -2.15. The predicted octanol–water partition coefficient (Wildman–Crippen LogP) is 3.20. The Morgan fingerprint density at radius 1 is 1.20 bits per heavy atom. The Bertz CT molecular complexity index is 802. The number of nitrogens with zero attached hydrogens (tertiary/aromatic N) is 1. The molecule has 0 saturated carbocycles. The van der Waals surface area contributed by atoms with E-state index in [1.807, 2.05) is 0 Å². The molecule has 1 aliphatic rings. The molecule has 0 N–H and O–H groups in total. The molecular formula is C18H18ClNO5. The second-order valence-electron chi connectivity index (χ2n) is 5.55. The molecule has 132 valence electrons. The summed E-state index contributed by atoms with van der Waals surface area (Å²) >= 11 is 6.34. The summed E-state index contributed by atoms with van der Waals surface area (Å²) in [5.41, 5.74) is 0.882. The van der Waals surface area contributed by atoms with Gasteiger partial charge in [-0.25, -0.2) is 0 Å². The molecule has 25 heavy (non-hydrogen) atoms. The fourth-order valence-electron chi connectivity index (χ4n) is 2.78. The maximum absolute atomic E-state index is 13.3. The Kier molecular flexibility index (Phi) is 4.94. The van der Waals surface area contributed by atoms with Crippen molar-refractivity contribution in [1.82, 2.24) is 4.98 Å². The highest BCUT2D eigenvalue weighted by Crippen LogP contribution is 2.37. The van der Waals surface area contributed by atoms with E-state index < -0.39 is 5.79 Å². The van der Waals surface area contributed by atoms with Gasteiger partial charge in [0.2, 0.25) is 5.79 Å². The van der Waals surface area contributed by atoms with E-state index >= 15 is 0 Å². The molecule has 2 aromatic rings. The molecular weight excluding hydrogens is 346 g/mol. The number of aromatic nitrogens is 1. The van der Waals surface area contributed by atoms with Gasteiger partial charge in [0.15, 0.2) is 5.78 Å². The third-order valence-electron chi connectivity index (χ3n) is 4.05. The van der Waals surface area contributed by atoms with Crippen LogP contribution >= 0.6 is 11.6 Å². The Morgan fingerprint density at radius 3 is 2.56 bits per heavy atom. The first-order valence-corrected chi connectivity index (χ1v) is 8.07. The summed E-state index contributed by atoms with van der Waals surface area (Å²) in [6.45, 7) is 2.56. The average Bonchev–Trinajstić information content (AvgIpc) is 3.08. The van der Waals surface area contributed by atoms with Crippen LogP contribution in [-0.2, 0) is 15.3 Å². The molecule has 0 bridgehead atoms. The van der Waals surface area contributed by atoms with E-state index in [1.54, 1.807) is 31.2 Å². The molecule has 3 rings (SSSR count). The van der Waals surface area contributed by atoms with Crippen LogP contribution in [0.25, 0.3) is 0 Å². The number of hydrogen-bond donors (Lipinski definition) is 0. The van der Waals surface area contributed by atoms with E-state index in [-0.39, 0.29) is 16.4 Å². The maximum atomic E-state index is 13.3. The standard InChI is InChI=1S/C18H18ClNO5/c1-18(24-8-9-25-18)17-15(13(19)6-7-20-17)16(21)12-10-11(22-2)4-5-14(12)23-3/h4-7,10H,8-9H2,1-3H3. The lowest BCUT2D eigenvalue weighted by molar-refractivity contribution is -0.153. The molecule has 7 heteroatoms.